The van der Waals surface area contributed by atoms with Gasteiger partial charge in [-0.1, -0.05) is 6.92 Å². The minimum absolute atomic E-state index is 0.00230. The molecule has 5 nitrogen and oxygen atoms in total. The quantitative estimate of drug-likeness (QED) is 0.609. The zero-order valence-corrected chi connectivity index (χ0v) is 10.2. The molecule has 3 atom stereocenters. The van der Waals surface area contributed by atoms with Crippen molar-refractivity contribution in [3.63, 3.8) is 0 Å². The predicted octanol–water partition coefficient (Wildman–Crippen LogP) is 0.779. The third-order valence-corrected chi connectivity index (χ3v) is 2.08. The fourth-order valence-corrected chi connectivity index (χ4v) is 0.902. The van der Waals surface area contributed by atoms with E-state index in [1.165, 1.54) is 0 Å². The number of nitrogens with one attached hydrogen (secondary N) is 1. The van der Waals surface area contributed by atoms with Gasteiger partial charge in [-0.15, -0.1) is 0 Å². The molecule has 0 rings (SSSR count). The van der Waals surface area contributed by atoms with E-state index in [1.807, 2.05) is 13.8 Å². The van der Waals surface area contributed by atoms with Crippen LogP contribution in [0.5, 0.6) is 0 Å². The molecule has 90 valence electrons. The maximum absolute atomic E-state index is 11.3. The van der Waals surface area contributed by atoms with Gasteiger partial charge in [-0.2, -0.15) is 0 Å². The van der Waals surface area contributed by atoms with Crippen molar-refractivity contribution < 1.29 is 9.53 Å². The van der Waals surface area contributed by atoms with Gasteiger partial charge in [0.15, 0.2) is 0 Å². The highest BCUT2D eigenvalue weighted by molar-refractivity contribution is 5.68. The van der Waals surface area contributed by atoms with Crippen LogP contribution in [0.1, 0.15) is 34.6 Å². The summed E-state index contributed by atoms with van der Waals surface area (Å²) in [5, 5.41) is 2.55. The Hall–Kier alpha value is -0.810. The van der Waals surface area contributed by atoms with Crippen LogP contribution < -0.4 is 16.8 Å². The van der Waals surface area contributed by atoms with Gasteiger partial charge in [0.25, 0.3) is 0 Å². The van der Waals surface area contributed by atoms with E-state index in [1.54, 1.807) is 20.8 Å². The molecule has 15 heavy (non-hydrogen) atoms. The third-order valence-electron chi connectivity index (χ3n) is 2.08. The summed E-state index contributed by atoms with van der Waals surface area (Å²) in [7, 11) is 0. The van der Waals surface area contributed by atoms with E-state index in [-0.39, 0.29) is 12.0 Å². The molecule has 0 fully saturated rings. The number of alkyl carbamates (subject to hydrolysis) is 1. The van der Waals surface area contributed by atoms with Crippen LogP contribution in [0.25, 0.3) is 0 Å². The topological polar surface area (TPSA) is 90.4 Å². The van der Waals surface area contributed by atoms with Crippen LogP contribution in [-0.4, -0.2) is 23.9 Å². The summed E-state index contributed by atoms with van der Waals surface area (Å²) in [4.78, 5) is 11.3. The van der Waals surface area contributed by atoms with Crippen LogP contribution in [0.15, 0.2) is 0 Å². The maximum atomic E-state index is 11.3. The molecule has 5 N–H and O–H groups in total. The Kier molecular flexibility index (Phi) is 5.03. The van der Waals surface area contributed by atoms with Crippen LogP contribution in [0.2, 0.25) is 0 Å². The highest BCUT2D eigenvalue weighted by Crippen LogP contribution is 2.08. The highest BCUT2D eigenvalue weighted by atomic mass is 16.6. The molecule has 0 aliphatic carbocycles. The van der Waals surface area contributed by atoms with Crippen LogP contribution in [0.4, 0.5) is 4.79 Å². The number of nitrogens with two attached hydrogens (primary N) is 2. The van der Waals surface area contributed by atoms with Crippen molar-refractivity contribution in [1.29, 1.82) is 0 Å². The van der Waals surface area contributed by atoms with Crippen molar-refractivity contribution >= 4 is 6.09 Å². The Labute approximate surface area is 91.5 Å². The van der Waals surface area contributed by atoms with Gasteiger partial charge >= 0.3 is 6.09 Å². The summed E-state index contributed by atoms with van der Waals surface area (Å²) in [6, 6.07) is -0.0741. The predicted molar refractivity (Wildman–Crippen MR) is 60.2 cm³/mol. The average molecular weight is 217 g/mol. The summed E-state index contributed by atoms with van der Waals surface area (Å²) in [5.74, 6) is -0.00230. The molecular weight excluding hydrogens is 194 g/mol. The summed E-state index contributed by atoms with van der Waals surface area (Å²) < 4.78 is 5.07. The number of amides is 1. The number of ether oxygens (including phenoxy) is 1. The smallest absolute Gasteiger partial charge is 0.408 e. The lowest BCUT2D eigenvalue weighted by Crippen LogP contribution is -2.51. The molecule has 1 amide bonds. The largest absolute Gasteiger partial charge is 0.444 e. The molecule has 5 heteroatoms. The lowest BCUT2D eigenvalue weighted by atomic mass is 10.0. The Morgan fingerprint density at radius 3 is 2.07 bits per heavy atom. The summed E-state index contributed by atoms with van der Waals surface area (Å²) in [6.45, 7) is 9.13. The fraction of sp³-hybridized carbons (Fsp3) is 0.900. The first-order chi connectivity index (χ1) is 6.63. The van der Waals surface area contributed by atoms with E-state index in [9.17, 15) is 4.79 Å². The number of carbonyl (C=O) groups excluding carboxylic acids is 1. The van der Waals surface area contributed by atoms with Gasteiger partial charge in [-0.05, 0) is 27.7 Å². The van der Waals surface area contributed by atoms with E-state index in [2.05, 4.69) is 5.32 Å². The Bertz CT molecular complexity index is 211. The lowest BCUT2D eigenvalue weighted by Gasteiger charge is -2.26. The first-order valence-corrected chi connectivity index (χ1v) is 5.14. The van der Waals surface area contributed by atoms with Crippen molar-refractivity contribution in [2.75, 3.05) is 0 Å². The normalized spacial score (nSPS) is 17.8. The maximum Gasteiger partial charge on any atom is 0.408 e. The SMILES string of the molecule is CC(N)C(C)C(N)NC(=O)OC(C)(C)C. The molecule has 0 spiro atoms. The van der Waals surface area contributed by atoms with Crippen molar-refractivity contribution in [3.05, 3.63) is 0 Å². The average Bonchev–Trinajstić information content (AvgIpc) is 1.98. The van der Waals surface area contributed by atoms with E-state index in [0.29, 0.717) is 0 Å². The fourth-order valence-electron chi connectivity index (χ4n) is 0.902. The number of hydrogen-bond donors (Lipinski definition) is 3. The Balaban J connectivity index is 4.08. The second-order valence-electron chi connectivity index (χ2n) is 4.89. The van der Waals surface area contributed by atoms with Gasteiger partial charge in [-0.3, -0.25) is 0 Å². The van der Waals surface area contributed by atoms with Crippen LogP contribution >= 0.6 is 0 Å². The lowest BCUT2D eigenvalue weighted by molar-refractivity contribution is 0.0487. The molecule has 3 unspecified atom stereocenters. The molecule has 0 heterocycles. The zero-order valence-electron chi connectivity index (χ0n) is 10.2. The van der Waals surface area contributed by atoms with Crippen molar-refractivity contribution in [1.82, 2.24) is 5.32 Å². The number of rotatable bonds is 3. The molecule has 0 saturated carbocycles. The minimum atomic E-state index is -0.513. The van der Waals surface area contributed by atoms with E-state index >= 15 is 0 Å². The van der Waals surface area contributed by atoms with Gasteiger partial charge in [0, 0.05) is 12.0 Å². The van der Waals surface area contributed by atoms with E-state index in [4.69, 9.17) is 16.2 Å². The van der Waals surface area contributed by atoms with Crippen LogP contribution in [0, 0.1) is 5.92 Å². The first-order valence-electron chi connectivity index (χ1n) is 5.14. The standard InChI is InChI=1S/C10H23N3O2/c1-6(7(2)11)8(12)13-9(14)15-10(3,4)5/h6-8H,11-12H2,1-5H3,(H,13,14). The number of carbonyl (C=O) groups is 1. The molecule has 0 saturated heterocycles. The van der Waals surface area contributed by atoms with Gasteiger partial charge in [0.1, 0.15) is 5.60 Å². The molecule has 0 bridgehead atoms. The molecule has 0 aromatic heterocycles. The minimum Gasteiger partial charge on any atom is -0.444 e. The second-order valence-corrected chi connectivity index (χ2v) is 4.89. The van der Waals surface area contributed by atoms with Gasteiger partial charge in [0.2, 0.25) is 0 Å². The van der Waals surface area contributed by atoms with Crippen molar-refractivity contribution in [3.8, 4) is 0 Å². The van der Waals surface area contributed by atoms with Crippen molar-refractivity contribution in [2.45, 2.75) is 52.4 Å². The highest BCUT2D eigenvalue weighted by Gasteiger charge is 2.22. The van der Waals surface area contributed by atoms with Gasteiger partial charge < -0.3 is 21.5 Å². The van der Waals surface area contributed by atoms with Crippen LogP contribution in [-0.2, 0) is 4.74 Å². The molecule has 0 radical (unpaired) electrons. The summed E-state index contributed by atoms with van der Waals surface area (Å²) in [6.07, 6.45) is -0.998. The second kappa shape index (κ2) is 5.32. The molecule has 0 aliphatic rings. The Morgan fingerprint density at radius 1 is 1.27 bits per heavy atom. The van der Waals surface area contributed by atoms with E-state index < -0.39 is 17.9 Å². The molecule has 0 aromatic carbocycles. The molecular formula is C10H23N3O2. The third kappa shape index (κ3) is 6.30. The first kappa shape index (κ1) is 14.2. The zero-order chi connectivity index (χ0) is 12.2. The monoisotopic (exact) mass is 217 g/mol. The van der Waals surface area contributed by atoms with Crippen molar-refractivity contribution in [2.24, 2.45) is 17.4 Å². The van der Waals surface area contributed by atoms with Crippen LogP contribution in [0.3, 0.4) is 0 Å². The van der Waals surface area contributed by atoms with E-state index in [0.717, 1.165) is 0 Å². The molecule has 0 aromatic rings. The summed E-state index contributed by atoms with van der Waals surface area (Å²) in [5.41, 5.74) is 10.9. The van der Waals surface area contributed by atoms with Gasteiger partial charge in [-0.25, -0.2) is 4.79 Å². The Morgan fingerprint density at radius 2 is 1.73 bits per heavy atom. The van der Waals surface area contributed by atoms with Gasteiger partial charge in [0.05, 0.1) is 6.17 Å². The number of hydrogen-bond acceptors (Lipinski definition) is 4. The molecule has 0 aliphatic heterocycles. The summed E-state index contributed by atoms with van der Waals surface area (Å²) >= 11 is 0.